The Balaban J connectivity index is 1.70. The van der Waals surface area contributed by atoms with Crippen LogP contribution in [-0.4, -0.2) is 56.8 Å². The second-order valence-electron chi connectivity index (χ2n) is 11.4. The van der Waals surface area contributed by atoms with E-state index in [1.807, 2.05) is 11.9 Å². The number of allylic oxidation sites excluding steroid dienone is 4. The molecule has 0 aromatic carbocycles. The van der Waals surface area contributed by atoms with Crippen LogP contribution >= 0.6 is 11.8 Å². The zero-order valence-corrected chi connectivity index (χ0v) is 22.2. The molecule has 3 rings (SSSR count). The maximum absolute atomic E-state index is 12.7. The Labute approximate surface area is 204 Å². The lowest BCUT2D eigenvalue weighted by Crippen LogP contribution is -2.43. The van der Waals surface area contributed by atoms with Gasteiger partial charge in [0.1, 0.15) is 0 Å². The van der Waals surface area contributed by atoms with Gasteiger partial charge in [-0.15, -0.1) is 11.8 Å². The summed E-state index contributed by atoms with van der Waals surface area (Å²) >= 11 is 1.76. The number of rotatable bonds is 5. The third-order valence-electron chi connectivity index (χ3n) is 8.15. The molecule has 1 amide bonds. The number of thioether (sulfide) groups is 1. The van der Waals surface area contributed by atoms with Gasteiger partial charge in [-0.25, -0.2) is 0 Å². The first-order valence-corrected chi connectivity index (χ1v) is 13.4. The molecule has 2 fully saturated rings. The van der Waals surface area contributed by atoms with E-state index in [1.54, 1.807) is 11.8 Å². The van der Waals surface area contributed by atoms with Crippen molar-refractivity contribution in [3.05, 3.63) is 47.1 Å². The maximum Gasteiger partial charge on any atom is 0.232 e. The first-order chi connectivity index (χ1) is 15.3. The monoisotopic (exact) mass is 473 g/mol. The van der Waals surface area contributed by atoms with Crippen LogP contribution in [0.5, 0.6) is 0 Å². The van der Waals surface area contributed by atoms with Crippen LogP contribution in [0, 0.1) is 11.3 Å². The Morgan fingerprint density at radius 2 is 2.06 bits per heavy atom. The van der Waals surface area contributed by atoms with E-state index in [-0.39, 0.29) is 16.9 Å². The molecule has 184 valence electrons. The second-order valence-corrected chi connectivity index (χ2v) is 12.7. The molecule has 33 heavy (non-hydrogen) atoms. The predicted octanol–water partition coefficient (Wildman–Crippen LogP) is 5.43. The number of hydrogen-bond donors (Lipinski definition) is 2. The third-order valence-corrected chi connectivity index (χ3v) is 9.32. The van der Waals surface area contributed by atoms with Crippen LogP contribution in [0.4, 0.5) is 0 Å². The molecule has 1 unspecified atom stereocenters. The van der Waals surface area contributed by atoms with Gasteiger partial charge in [0.15, 0.2) is 0 Å². The number of carbonyl (C=O) groups excluding carboxylic acids is 1. The molecule has 5 heteroatoms. The molecule has 0 aliphatic heterocycles. The van der Waals surface area contributed by atoms with Gasteiger partial charge in [0, 0.05) is 24.3 Å². The minimum Gasteiger partial charge on any atom is -0.393 e. The zero-order chi connectivity index (χ0) is 24.6. The van der Waals surface area contributed by atoms with Crippen LogP contribution in [0.3, 0.4) is 0 Å². The van der Waals surface area contributed by atoms with Crippen LogP contribution < -0.4 is 0 Å². The van der Waals surface area contributed by atoms with Gasteiger partial charge in [-0.1, -0.05) is 42.9 Å². The van der Waals surface area contributed by atoms with E-state index >= 15 is 0 Å². The van der Waals surface area contributed by atoms with Crippen LogP contribution in [-0.2, 0) is 4.79 Å². The average molecular weight is 474 g/mol. The molecule has 2 N–H and O–H groups in total. The topological polar surface area (TPSA) is 60.8 Å². The van der Waals surface area contributed by atoms with Crippen molar-refractivity contribution >= 4 is 17.7 Å². The average Bonchev–Trinajstić information content (AvgIpc) is 3.09. The number of amides is 1. The number of carbonyl (C=O) groups is 1. The highest BCUT2D eigenvalue weighted by Gasteiger charge is 2.46. The van der Waals surface area contributed by atoms with E-state index in [1.165, 1.54) is 17.6 Å². The molecule has 3 aliphatic carbocycles. The van der Waals surface area contributed by atoms with Crippen molar-refractivity contribution in [2.24, 2.45) is 11.3 Å². The van der Waals surface area contributed by atoms with E-state index in [0.717, 1.165) is 30.4 Å². The van der Waals surface area contributed by atoms with Crippen LogP contribution in [0.25, 0.3) is 0 Å². The maximum atomic E-state index is 12.7. The number of nitrogens with zero attached hydrogens (tertiary/aromatic N) is 1. The van der Waals surface area contributed by atoms with Gasteiger partial charge in [-0.2, -0.15) is 0 Å². The smallest absolute Gasteiger partial charge is 0.232 e. The fourth-order valence-electron chi connectivity index (χ4n) is 5.70. The summed E-state index contributed by atoms with van der Waals surface area (Å²) in [7, 11) is 1.89. The van der Waals surface area contributed by atoms with Crippen molar-refractivity contribution in [1.29, 1.82) is 0 Å². The van der Waals surface area contributed by atoms with Crippen LogP contribution in [0.1, 0.15) is 73.1 Å². The lowest BCUT2D eigenvalue weighted by atomic mass is 9.64. The van der Waals surface area contributed by atoms with E-state index in [4.69, 9.17) is 0 Å². The molecule has 0 bridgehead atoms. The Bertz CT molecular complexity index is 865. The third kappa shape index (κ3) is 5.68. The van der Waals surface area contributed by atoms with Gasteiger partial charge in [0.25, 0.3) is 0 Å². The Hall–Kier alpha value is -1.30. The highest BCUT2D eigenvalue weighted by molar-refractivity contribution is 8.00. The summed E-state index contributed by atoms with van der Waals surface area (Å²) in [5.41, 5.74) is 4.66. The molecule has 0 spiro atoms. The summed E-state index contributed by atoms with van der Waals surface area (Å²) in [6.45, 7) is 14.9. The van der Waals surface area contributed by atoms with E-state index in [9.17, 15) is 15.0 Å². The predicted molar refractivity (Wildman–Crippen MR) is 139 cm³/mol. The second kappa shape index (κ2) is 10.1. The lowest BCUT2D eigenvalue weighted by Gasteiger charge is -2.42. The molecule has 0 saturated heterocycles. The molecule has 5 atom stereocenters. The zero-order valence-electron chi connectivity index (χ0n) is 21.4. The highest BCUT2D eigenvalue weighted by atomic mass is 32.2. The van der Waals surface area contributed by atoms with Crippen molar-refractivity contribution in [2.75, 3.05) is 12.8 Å². The molecule has 0 radical (unpaired) electrons. The molecule has 0 aromatic heterocycles. The molecule has 0 heterocycles. The Kier molecular flexibility index (Phi) is 8.08. The van der Waals surface area contributed by atoms with E-state index in [2.05, 4.69) is 59.4 Å². The minimum atomic E-state index is -0.646. The Morgan fingerprint density at radius 1 is 1.36 bits per heavy atom. The van der Waals surface area contributed by atoms with Crippen molar-refractivity contribution in [3.8, 4) is 0 Å². The van der Waals surface area contributed by atoms with Gasteiger partial charge < -0.3 is 15.1 Å². The highest BCUT2D eigenvalue weighted by Crippen LogP contribution is 2.56. The fraction of sp³-hybridized carbons (Fsp3) is 0.679. The normalized spacial score (nSPS) is 33.8. The minimum absolute atomic E-state index is 0.136. The van der Waals surface area contributed by atoms with Gasteiger partial charge >= 0.3 is 0 Å². The summed E-state index contributed by atoms with van der Waals surface area (Å²) in [5.74, 6) is 1.18. The number of fused-ring (bicyclic) bond motifs is 1. The van der Waals surface area contributed by atoms with Gasteiger partial charge in [0.05, 0.1) is 18.0 Å². The van der Waals surface area contributed by atoms with Crippen LogP contribution in [0.15, 0.2) is 47.1 Å². The van der Waals surface area contributed by atoms with Crippen LogP contribution in [0.2, 0.25) is 0 Å². The standard InChI is InChI=1S/C28H43NO3S/c1-18-21(15-22(30)16-25(18)31)11-10-20-9-8-14-28(6)23(12-13-24(20)28)19(2)33-17-26(32)29(7)27(3,4)5/h10-12,19,22,24-25,30-31H,1,8-9,13-17H2,2-7H3/t19-,22+,24?,25-,28+/m0/s1. The SMILES string of the molecule is C=C1C(=CC=C2CCC[C@]3(C)C([C@H](C)SCC(=O)N(C)C(C)(C)C)=CCC23)C[C@@H](O)C[C@@H]1O. The molecule has 2 saturated carbocycles. The summed E-state index contributed by atoms with van der Waals surface area (Å²) in [6.07, 6.45) is 11.1. The van der Waals surface area contributed by atoms with Crippen molar-refractivity contribution in [2.45, 2.75) is 96.1 Å². The summed E-state index contributed by atoms with van der Waals surface area (Å²) in [4.78, 5) is 14.5. The molecule has 0 aromatic rings. The van der Waals surface area contributed by atoms with Gasteiger partial charge in [0.2, 0.25) is 5.91 Å². The fourth-order valence-corrected chi connectivity index (χ4v) is 6.84. The number of aliphatic hydroxyl groups is 2. The first-order valence-electron chi connectivity index (χ1n) is 12.4. The lowest BCUT2D eigenvalue weighted by molar-refractivity contribution is -0.131. The van der Waals surface area contributed by atoms with Crippen molar-refractivity contribution < 1.29 is 15.0 Å². The summed E-state index contributed by atoms with van der Waals surface area (Å²) in [5, 5.41) is 20.5. The number of aliphatic hydroxyl groups excluding tert-OH is 2. The molecular formula is C28H43NO3S. The Morgan fingerprint density at radius 3 is 2.73 bits per heavy atom. The van der Waals surface area contributed by atoms with E-state index < -0.39 is 12.2 Å². The van der Waals surface area contributed by atoms with Crippen molar-refractivity contribution in [1.82, 2.24) is 4.90 Å². The summed E-state index contributed by atoms with van der Waals surface area (Å²) < 4.78 is 0. The molecular weight excluding hydrogens is 430 g/mol. The van der Waals surface area contributed by atoms with Crippen molar-refractivity contribution in [3.63, 3.8) is 0 Å². The van der Waals surface area contributed by atoms with E-state index in [0.29, 0.717) is 29.8 Å². The molecule has 3 aliphatic rings. The largest absolute Gasteiger partial charge is 0.393 e. The summed E-state index contributed by atoms with van der Waals surface area (Å²) in [6, 6.07) is 0. The quantitative estimate of drug-likeness (QED) is 0.523. The van der Waals surface area contributed by atoms with Gasteiger partial charge in [-0.3, -0.25) is 4.79 Å². The molecule has 4 nitrogen and oxygen atoms in total. The first kappa shape index (κ1) is 26.3. The number of hydrogen-bond acceptors (Lipinski definition) is 4. The van der Waals surface area contributed by atoms with Gasteiger partial charge in [-0.05, 0) is 82.3 Å².